The minimum absolute atomic E-state index is 0.101. The first-order chi connectivity index (χ1) is 17.0. The standard InChI is InChI=1S/C26H35N3O6/c1-5-20-25(28(10-17-6-7-17)11-19-13-33-15-34-14-19)26-29(27-20)24(16(2)35-26)23-21(30)8-18(12-31-3)9-22(23)32-4/h8-9,17,19,30H,5-7,10-15H2,1-4H3. The van der Waals surface area contributed by atoms with Crippen LogP contribution in [0.2, 0.25) is 0 Å². The minimum Gasteiger partial charge on any atom is -0.507 e. The Morgan fingerprint density at radius 2 is 1.89 bits per heavy atom. The molecule has 0 atom stereocenters. The van der Waals surface area contributed by atoms with Crippen LogP contribution in [0.25, 0.3) is 17.0 Å². The Morgan fingerprint density at radius 3 is 2.54 bits per heavy atom. The molecule has 0 unspecified atom stereocenters. The fourth-order valence-corrected chi connectivity index (χ4v) is 4.99. The SMILES string of the molecule is CCc1nn2c(-c3c(O)cc(COC)cc3OC)c(C)oc2c1N(CC1CC1)CC1COCOC1. The number of aromatic nitrogens is 2. The van der Waals surface area contributed by atoms with Gasteiger partial charge in [0.1, 0.15) is 35.4 Å². The normalized spacial score (nSPS) is 16.8. The molecule has 5 rings (SSSR count). The summed E-state index contributed by atoms with van der Waals surface area (Å²) in [5.74, 6) is 2.29. The lowest BCUT2D eigenvalue weighted by molar-refractivity contribution is -0.123. The number of ether oxygens (including phenoxy) is 4. The highest BCUT2D eigenvalue weighted by atomic mass is 16.7. The molecule has 1 aliphatic carbocycles. The highest BCUT2D eigenvalue weighted by Gasteiger charge is 2.33. The molecule has 0 radical (unpaired) electrons. The van der Waals surface area contributed by atoms with Crippen molar-refractivity contribution in [1.29, 1.82) is 0 Å². The van der Waals surface area contributed by atoms with Gasteiger partial charge in [-0.05, 0) is 49.8 Å². The summed E-state index contributed by atoms with van der Waals surface area (Å²) in [5, 5.41) is 16.0. The zero-order chi connectivity index (χ0) is 24.5. The molecule has 0 spiro atoms. The first kappa shape index (κ1) is 24.0. The van der Waals surface area contributed by atoms with Crippen LogP contribution in [0.4, 0.5) is 5.69 Å². The predicted molar refractivity (Wildman–Crippen MR) is 131 cm³/mol. The van der Waals surface area contributed by atoms with Crippen LogP contribution in [-0.4, -0.2) is 62.0 Å². The molecular weight excluding hydrogens is 450 g/mol. The van der Waals surface area contributed by atoms with Gasteiger partial charge in [0.05, 0.1) is 38.2 Å². The van der Waals surface area contributed by atoms with Gasteiger partial charge in [-0.3, -0.25) is 0 Å². The van der Waals surface area contributed by atoms with Gasteiger partial charge in [-0.1, -0.05) is 6.92 Å². The van der Waals surface area contributed by atoms with Crippen LogP contribution in [0.15, 0.2) is 16.5 Å². The molecule has 0 bridgehead atoms. The maximum Gasteiger partial charge on any atom is 0.246 e. The van der Waals surface area contributed by atoms with Crippen molar-refractivity contribution in [1.82, 2.24) is 9.61 Å². The molecule has 1 saturated heterocycles. The van der Waals surface area contributed by atoms with Gasteiger partial charge in [-0.25, -0.2) is 0 Å². The number of hydrogen-bond acceptors (Lipinski definition) is 8. The summed E-state index contributed by atoms with van der Waals surface area (Å²) in [6, 6.07) is 3.58. The largest absolute Gasteiger partial charge is 0.507 e. The van der Waals surface area contributed by atoms with E-state index in [1.54, 1.807) is 20.3 Å². The monoisotopic (exact) mass is 485 g/mol. The third-order valence-corrected chi connectivity index (χ3v) is 6.77. The van der Waals surface area contributed by atoms with E-state index in [1.165, 1.54) is 12.8 Å². The first-order valence-corrected chi connectivity index (χ1v) is 12.3. The first-order valence-electron chi connectivity index (χ1n) is 12.3. The number of benzene rings is 1. The zero-order valence-electron chi connectivity index (χ0n) is 21.0. The van der Waals surface area contributed by atoms with Crippen LogP contribution in [0.3, 0.4) is 0 Å². The van der Waals surface area contributed by atoms with Gasteiger partial charge in [0.15, 0.2) is 0 Å². The molecular formula is C26H35N3O6. The second-order valence-corrected chi connectivity index (χ2v) is 9.57. The van der Waals surface area contributed by atoms with Crippen molar-refractivity contribution in [3.63, 3.8) is 0 Å². The predicted octanol–water partition coefficient (Wildman–Crippen LogP) is 4.16. The lowest BCUT2D eigenvalue weighted by atomic mass is 10.0. The molecule has 3 heterocycles. The summed E-state index contributed by atoms with van der Waals surface area (Å²) in [5.41, 5.74) is 4.76. The molecule has 2 aliphatic rings. The van der Waals surface area contributed by atoms with Gasteiger partial charge in [0.2, 0.25) is 5.71 Å². The van der Waals surface area contributed by atoms with Crippen molar-refractivity contribution in [2.24, 2.45) is 11.8 Å². The summed E-state index contributed by atoms with van der Waals surface area (Å²) < 4.78 is 30.3. The molecule has 3 aromatic rings. The molecule has 190 valence electrons. The van der Waals surface area contributed by atoms with Gasteiger partial charge in [-0.2, -0.15) is 9.61 Å². The summed E-state index contributed by atoms with van der Waals surface area (Å²) in [6.07, 6.45) is 3.27. The number of anilines is 1. The lowest BCUT2D eigenvalue weighted by Crippen LogP contribution is -2.38. The highest BCUT2D eigenvalue weighted by Crippen LogP contribution is 2.44. The molecule has 1 N–H and O–H groups in total. The van der Waals surface area contributed by atoms with Gasteiger partial charge < -0.3 is 33.4 Å². The molecule has 1 aromatic carbocycles. The van der Waals surface area contributed by atoms with Crippen molar-refractivity contribution < 1.29 is 28.5 Å². The van der Waals surface area contributed by atoms with E-state index in [0.29, 0.717) is 61.0 Å². The Kier molecular flexibility index (Phi) is 6.91. The maximum atomic E-state index is 11.0. The summed E-state index contributed by atoms with van der Waals surface area (Å²) in [7, 11) is 3.22. The quantitative estimate of drug-likeness (QED) is 0.458. The number of hydrogen-bond donors (Lipinski definition) is 1. The van der Waals surface area contributed by atoms with E-state index in [9.17, 15) is 5.11 Å². The Morgan fingerprint density at radius 1 is 1.14 bits per heavy atom. The average Bonchev–Trinajstić information content (AvgIpc) is 3.52. The van der Waals surface area contributed by atoms with Crippen LogP contribution < -0.4 is 9.64 Å². The molecule has 2 fully saturated rings. The topological polar surface area (TPSA) is 90.8 Å². The molecule has 2 aromatic heterocycles. The number of aryl methyl sites for hydroxylation is 2. The number of fused-ring (bicyclic) bond motifs is 1. The number of oxazole rings is 1. The van der Waals surface area contributed by atoms with Crippen molar-refractivity contribution >= 4 is 11.4 Å². The van der Waals surface area contributed by atoms with E-state index >= 15 is 0 Å². The summed E-state index contributed by atoms with van der Waals surface area (Å²) in [6.45, 7) is 7.91. The van der Waals surface area contributed by atoms with E-state index in [4.69, 9.17) is 28.5 Å². The Hall–Kier alpha value is -2.75. The molecule has 9 heteroatoms. The molecule has 1 aliphatic heterocycles. The van der Waals surface area contributed by atoms with E-state index in [1.807, 2.05) is 17.5 Å². The fourth-order valence-electron chi connectivity index (χ4n) is 4.99. The van der Waals surface area contributed by atoms with Crippen molar-refractivity contribution in [2.45, 2.75) is 39.7 Å². The minimum atomic E-state index is 0.101. The number of methoxy groups -OCH3 is 2. The summed E-state index contributed by atoms with van der Waals surface area (Å²) >= 11 is 0. The third-order valence-electron chi connectivity index (χ3n) is 6.77. The Bertz CT molecular complexity index is 1180. The molecule has 1 saturated carbocycles. The van der Waals surface area contributed by atoms with Crippen LogP contribution in [0.1, 0.15) is 36.8 Å². The molecule has 35 heavy (non-hydrogen) atoms. The smallest absolute Gasteiger partial charge is 0.246 e. The van der Waals surface area contributed by atoms with Gasteiger partial charge >= 0.3 is 0 Å². The highest BCUT2D eigenvalue weighted by molar-refractivity contribution is 5.81. The van der Waals surface area contributed by atoms with Gasteiger partial charge in [0.25, 0.3) is 0 Å². The third kappa shape index (κ3) is 4.72. The van der Waals surface area contributed by atoms with E-state index < -0.39 is 0 Å². The van der Waals surface area contributed by atoms with Crippen LogP contribution >= 0.6 is 0 Å². The molecule has 9 nitrogen and oxygen atoms in total. The zero-order valence-corrected chi connectivity index (χ0v) is 21.0. The average molecular weight is 486 g/mol. The Labute approximate surface area is 205 Å². The Balaban J connectivity index is 1.61. The van der Waals surface area contributed by atoms with Crippen LogP contribution in [-0.2, 0) is 27.2 Å². The van der Waals surface area contributed by atoms with Crippen molar-refractivity contribution in [3.05, 3.63) is 29.2 Å². The number of nitrogens with zero attached hydrogens (tertiary/aromatic N) is 3. The number of rotatable bonds is 10. The van der Waals surface area contributed by atoms with Crippen LogP contribution in [0.5, 0.6) is 11.5 Å². The van der Waals surface area contributed by atoms with Crippen molar-refractivity contribution in [3.8, 4) is 22.8 Å². The van der Waals surface area contributed by atoms with Crippen molar-refractivity contribution in [2.75, 3.05) is 52.2 Å². The molecule has 0 amide bonds. The van der Waals surface area contributed by atoms with E-state index in [0.717, 1.165) is 36.5 Å². The second-order valence-electron chi connectivity index (χ2n) is 9.57. The van der Waals surface area contributed by atoms with E-state index in [-0.39, 0.29) is 11.7 Å². The maximum absolute atomic E-state index is 11.0. The number of aromatic hydroxyl groups is 1. The van der Waals surface area contributed by atoms with E-state index in [2.05, 4.69) is 11.8 Å². The lowest BCUT2D eigenvalue weighted by Gasteiger charge is -2.30. The second kappa shape index (κ2) is 10.1. The fraction of sp³-hybridized carbons (Fsp3) is 0.577. The number of phenolic OH excluding ortho intramolecular Hbond substituents is 1. The van der Waals surface area contributed by atoms with Gasteiger partial charge in [0, 0.05) is 26.1 Å². The number of phenols is 1. The van der Waals surface area contributed by atoms with Crippen LogP contribution in [0, 0.1) is 18.8 Å². The van der Waals surface area contributed by atoms with Gasteiger partial charge in [-0.15, -0.1) is 0 Å². The summed E-state index contributed by atoms with van der Waals surface area (Å²) in [4.78, 5) is 2.41.